The van der Waals surface area contributed by atoms with Crippen LogP contribution in [0.2, 0.25) is 0 Å². The highest BCUT2D eigenvalue weighted by molar-refractivity contribution is 6.00. The lowest BCUT2D eigenvalue weighted by Crippen LogP contribution is -2.11. The van der Waals surface area contributed by atoms with Crippen LogP contribution >= 0.6 is 0 Å². The van der Waals surface area contributed by atoms with E-state index in [2.05, 4.69) is 31.3 Å². The summed E-state index contributed by atoms with van der Waals surface area (Å²) in [6.07, 6.45) is 5.15. The van der Waals surface area contributed by atoms with Gasteiger partial charge in [-0.25, -0.2) is 0 Å². The van der Waals surface area contributed by atoms with Crippen LogP contribution in [-0.4, -0.2) is 5.91 Å². The van der Waals surface area contributed by atoms with Crippen molar-refractivity contribution in [1.29, 1.82) is 0 Å². The Kier molecular flexibility index (Phi) is 4.77. The van der Waals surface area contributed by atoms with Crippen LogP contribution in [-0.2, 0) is 17.6 Å². The molecule has 1 amide bonds. The molecule has 86 valence electrons. The van der Waals surface area contributed by atoms with Gasteiger partial charge in [-0.15, -0.1) is 0 Å². The van der Waals surface area contributed by atoms with Crippen LogP contribution < -0.4 is 5.32 Å². The first-order chi connectivity index (χ1) is 7.72. The van der Waals surface area contributed by atoms with Gasteiger partial charge in [0.15, 0.2) is 0 Å². The van der Waals surface area contributed by atoms with Crippen molar-refractivity contribution >= 4 is 11.6 Å². The number of allylic oxidation sites excluding steroid dienone is 1. The zero-order chi connectivity index (χ0) is 12.0. The van der Waals surface area contributed by atoms with E-state index >= 15 is 0 Å². The van der Waals surface area contributed by atoms with E-state index in [1.807, 2.05) is 13.0 Å². The summed E-state index contributed by atoms with van der Waals surface area (Å²) in [5, 5.41) is 2.96. The summed E-state index contributed by atoms with van der Waals surface area (Å²) >= 11 is 0. The molecule has 1 aromatic rings. The average Bonchev–Trinajstić information content (AvgIpc) is 2.29. The van der Waals surface area contributed by atoms with Gasteiger partial charge in [0.2, 0.25) is 5.91 Å². The topological polar surface area (TPSA) is 29.1 Å². The molecule has 0 radical (unpaired) electrons. The fraction of sp³-hybridized carbons (Fsp3) is 0.357. The predicted molar refractivity (Wildman–Crippen MR) is 68.6 cm³/mol. The number of rotatable bonds is 4. The number of nitrogens with one attached hydrogen (secondary N) is 1. The molecule has 0 aliphatic heterocycles. The van der Waals surface area contributed by atoms with Crippen molar-refractivity contribution in [2.24, 2.45) is 0 Å². The van der Waals surface area contributed by atoms with Crippen LogP contribution in [0.1, 0.15) is 31.9 Å². The minimum atomic E-state index is -0.0573. The van der Waals surface area contributed by atoms with Gasteiger partial charge in [-0.2, -0.15) is 0 Å². The van der Waals surface area contributed by atoms with Crippen molar-refractivity contribution in [3.8, 4) is 0 Å². The van der Waals surface area contributed by atoms with Gasteiger partial charge in [-0.05, 0) is 37.0 Å². The summed E-state index contributed by atoms with van der Waals surface area (Å²) in [6.45, 7) is 6.03. The van der Waals surface area contributed by atoms with Gasteiger partial charge < -0.3 is 5.32 Å². The maximum atomic E-state index is 11.6. The first-order valence-corrected chi connectivity index (χ1v) is 5.77. The van der Waals surface area contributed by atoms with Crippen molar-refractivity contribution in [2.75, 3.05) is 5.32 Å². The molecule has 0 saturated heterocycles. The maximum Gasteiger partial charge on any atom is 0.248 e. The molecule has 0 fully saturated rings. The Hall–Kier alpha value is -1.57. The monoisotopic (exact) mass is 217 g/mol. The molecule has 0 heterocycles. The largest absolute Gasteiger partial charge is 0.322 e. The molecule has 0 aromatic heterocycles. The van der Waals surface area contributed by atoms with Crippen molar-refractivity contribution in [3.05, 3.63) is 41.5 Å². The highest BCUT2D eigenvalue weighted by atomic mass is 16.1. The Morgan fingerprint density at radius 3 is 2.25 bits per heavy atom. The number of aryl methyl sites for hydroxylation is 2. The molecular formula is C14H19NO. The standard InChI is InChI=1S/C14H19NO/c1-4-8-13(16)15-14-11(5-2)9-7-10-12(14)6-3/h4,7-10H,5-6H2,1-3H3,(H,15,16). The van der Waals surface area contributed by atoms with Gasteiger partial charge in [0, 0.05) is 5.69 Å². The molecule has 0 atom stereocenters. The first kappa shape index (κ1) is 12.5. The summed E-state index contributed by atoms with van der Waals surface area (Å²) < 4.78 is 0. The summed E-state index contributed by atoms with van der Waals surface area (Å²) in [5.41, 5.74) is 3.37. The maximum absolute atomic E-state index is 11.6. The lowest BCUT2D eigenvalue weighted by molar-refractivity contribution is -0.111. The second-order valence-electron chi connectivity index (χ2n) is 3.65. The van der Waals surface area contributed by atoms with Gasteiger partial charge in [0.1, 0.15) is 0 Å². The third-order valence-electron chi connectivity index (χ3n) is 2.57. The molecule has 0 aliphatic rings. The van der Waals surface area contributed by atoms with Crippen molar-refractivity contribution < 1.29 is 4.79 Å². The molecule has 1 aromatic carbocycles. The number of benzene rings is 1. The molecule has 1 N–H and O–H groups in total. The number of carbonyl (C=O) groups excluding carboxylic acids is 1. The van der Waals surface area contributed by atoms with E-state index in [4.69, 9.17) is 0 Å². The van der Waals surface area contributed by atoms with Gasteiger partial charge in [-0.1, -0.05) is 38.1 Å². The van der Waals surface area contributed by atoms with Crippen molar-refractivity contribution in [1.82, 2.24) is 0 Å². The van der Waals surface area contributed by atoms with E-state index in [1.54, 1.807) is 12.2 Å². The van der Waals surface area contributed by atoms with Crippen LogP contribution in [0.5, 0.6) is 0 Å². The SMILES string of the molecule is CC=CC(=O)Nc1c(CC)cccc1CC. The van der Waals surface area contributed by atoms with Crippen LogP contribution in [0.25, 0.3) is 0 Å². The molecule has 0 spiro atoms. The van der Waals surface area contributed by atoms with E-state index in [0.717, 1.165) is 18.5 Å². The average molecular weight is 217 g/mol. The molecule has 0 unspecified atom stereocenters. The molecule has 0 aliphatic carbocycles. The number of hydrogen-bond acceptors (Lipinski definition) is 1. The molecule has 16 heavy (non-hydrogen) atoms. The number of carbonyl (C=O) groups is 1. The minimum Gasteiger partial charge on any atom is -0.322 e. The zero-order valence-corrected chi connectivity index (χ0v) is 10.2. The van der Waals surface area contributed by atoms with Gasteiger partial charge >= 0.3 is 0 Å². The van der Waals surface area contributed by atoms with Gasteiger partial charge in [0.05, 0.1) is 0 Å². The second kappa shape index (κ2) is 6.11. The third-order valence-corrected chi connectivity index (χ3v) is 2.57. The molecule has 0 saturated carbocycles. The Morgan fingerprint density at radius 2 is 1.81 bits per heavy atom. The Morgan fingerprint density at radius 1 is 1.25 bits per heavy atom. The Labute approximate surface area is 97.4 Å². The summed E-state index contributed by atoms with van der Waals surface area (Å²) in [6, 6.07) is 6.16. The van der Waals surface area contributed by atoms with E-state index in [9.17, 15) is 4.79 Å². The second-order valence-corrected chi connectivity index (χ2v) is 3.65. The van der Waals surface area contributed by atoms with E-state index in [-0.39, 0.29) is 5.91 Å². The number of para-hydroxylation sites is 1. The lowest BCUT2D eigenvalue weighted by Gasteiger charge is -2.13. The van der Waals surface area contributed by atoms with E-state index in [0.29, 0.717) is 0 Å². The summed E-state index contributed by atoms with van der Waals surface area (Å²) in [4.78, 5) is 11.6. The van der Waals surface area contributed by atoms with Crippen LogP contribution in [0, 0.1) is 0 Å². The smallest absolute Gasteiger partial charge is 0.248 e. The molecule has 2 heteroatoms. The highest BCUT2D eigenvalue weighted by Gasteiger charge is 2.07. The number of hydrogen-bond donors (Lipinski definition) is 1. The van der Waals surface area contributed by atoms with Crippen molar-refractivity contribution in [3.63, 3.8) is 0 Å². The Balaban J connectivity index is 3.04. The lowest BCUT2D eigenvalue weighted by atomic mass is 10.0. The fourth-order valence-electron chi connectivity index (χ4n) is 1.72. The molecule has 1 rings (SSSR count). The summed E-state index contributed by atoms with van der Waals surface area (Å²) in [7, 11) is 0. The quantitative estimate of drug-likeness (QED) is 0.770. The third kappa shape index (κ3) is 2.96. The van der Waals surface area contributed by atoms with Crippen LogP contribution in [0.4, 0.5) is 5.69 Å². The van der Waals surface area contributed by atoms with Crippen LogP contribution in [0.15, 0.2) is 30.4 Å². The molecule has 2 nitrogen and oxygen atoms in total. The number of anilines is 1. The zero-order valence-electron chi connectivity index (χ0n) is 10.2. The summed E-state index contributed by atoms with van der Waals surface area (Å²) in [5.74, 6) is -0.0573. The molecular weight excluding hydrogens is 198 g/mol. The predicted octanol–water partition coefficient (Wildman–Crippen LogP) is 3.33. The fourth-order valence-corrected chi connectivity index (χ4v) is 1.72. The van der Waals surface area contributed by atoms with Gasteiger partial charge in [0.25, 0.3) is 0 Å². The minimum absolute atomic E-state index is 0.0573. The normalized spacial score (nSPS) is 10.7. The number of amides is 1. The van der Waals surface area contributed by atoms with E-state index in [1.165, 1.54) is 11.1 Å². The van der Waals surface area contributed by atoms with Gasteiger partial charge in [-0.3, -0.25) is 4.79 Å². The Bertz CT molecular complexity index is 371. The van der Waals surface area contributed by atoms with E-state index < -0.39 is 0 Å². The highest BCUT2D eigenvalue weighted by Crippen LogP contribution is 2.22. The van der Waals surface area contributed by atoms with Crippen molar-refractivity contribution in [2.45, 2.75) is 33.6 Å². The first-order valence-electron chi connectivity index (χ1n) is 5.77. The molecule has 0 bridgehead atoms. The van der Waals surface area contributed by atoms with Crippen LogP contribution in [0.3, 0.4) is 0 Å².